The molecule has 1 saturated carbocycles. The summed E-state index contributed by atoms with van der Waals surface area (Å²) < 4.78 is 47.1. The Labute approximate surface area is 205 Å². The predicted octanol–water partition coefficient (Wildman–Crippen LogP) is 5.15. The van der Waals surface area contributed by atoms with E-state index in [-0.39, 0.29) is 12.3 Å². The second-order valence-electron chi connectivity index (χ2n) is 8.94. The Morgan fingerprint density at radius 1 is 1.19 bits per heavy atom. The highest BCUT2D eigenvalue weighted by atomic mass is 19.4. The van der Waals surface area contributed by atoms with Gasteiger partial charge in [-0.2, -0.15) is 23.4 Å². The number of carbonyl (C=O) groups is 1. The van der Waals surface area contributed by atoms with Gasteiger partial charge in [-0.3, -0.25) is 9.48 Å². The first kappa shape index (κ1) is 23.8. The van der Waals surface area contributed by atoms with Gasteiger partial charge < -0.3 is 10.1 Å². The molecule has 36 heavy (non-hydrogen) atoms. The number of anilines is 1. The smallest absolute Gasteiger partial charge is 0.390 e. The van der Waals surface area contributed by atoms with Crippen LogP contribution in [0.1, 0.15) is 36.0 Å². The molecule has 1 aliphatic rings. The zero-order chi connectivity index (χ0) is 25.4. The first-order chi connectivity index (χ1) is 17.2. The van der Waals surface area contributed by atoms with Gasteiger partial charge in [0.15, 0.2) is 11.4 Å². The van der Waals surface area contributed by atoms with E-state index in [9.17, 15) is 18.0 Å². The Hall–Kier alpha value is -3.89. The van der Waals surface area contributed by atoms with Crippen molar-refractivity contribution in [2.45, 2.75) is 31.9 Å². The minimum atomic E-state index is -4.28. The quantitative estimate of drug-likeness (QED) is 0.321. The number of fused-ring (bicyclic) bond motifs is 1. The van der Waals surface area contributed by atoms with Gasteiger partial charge in [-0.05, 0) is 43.0 Å². The molecule has 1 fully saturated rings. The van der Waals surface area contributed by atoms with Crippen molar-refractivity contribution >= 4 is 17.1 Å². The molecule has 1 aliphatic carbocycles. The van der Waals surface area contributed by atoms with Crippen LogP contribution in [0, 0.1) is 5.92 Å². The van der Waals surface area contributed by atoms with Gasteiger partial charge in [0.25, 0.3) is 0 Å². The molecule has 188 valence electrons. The molecule has 0 spiro atoms. The van der Waals surface area contributed by atoms with Crippen molar-refractivity contribution in [2.75, 3.05) is 19.0 Å². The number of ether oxygens (including phenoxy) is 1. The highest BCUT2D eigenvalue weighted by Gasteiger charge is 2.27. The molecule has 5 rings (SSSR count). The van der Waals surface area contributed by atoms with Crippen LogP contribution in [0.2, 0.25) is 0 Å². The third kappa shape index (κ3) is 4.91. The lowest BCUT2D eigenvalue weighted by Crippen LogP contribution is -2.15. The lowest BCUT2D eigenvalue weighted by molar-refractivity contribution is -0.131. The van der Waals surface area contributed by atoms with Gasteiger partial charge in [0.1, 0.15) is 11.4 Å². The number of methoxy groups -OCH3 is 1. The third-order valence-corrected chi connectivity index (χ3v) is 6.25. The molecule has 0 saturated heterocycles. The van der Waals surface area contributed by atoms with E-state index < -0.39 is 12.6 Å². The molecule has 1 N–H and O–H groups in total. The average molecular weight is 499 g/mol. The lowest BCUT2D eigenvalue weighted by atomic mass is 10.0. The number of nitrogens with one attached hydrogen (secondary N) is 1. The Morgan fingerprint density at radius 3 is 2.67 bits per heavy atom. The fourth-order valence-corrected chi connectivity index (χ4v) is 4.15. The van der Waals surface area contributed by atoms with Crippen LogP contribution in [0.15, 0.2) is 42.7 Å². The number of halogens is 3. The number of ketones is 1. The monoisotopic (exact) mass is 498 g/mol. The van der Waals surface area contributed by atoms with Crippen molar-refractivity contribution in [2.24, 2.45) is 13.0 Å². The van der Waals surface area contributed by atoms with E-state index in [4.69, 9.17) is 9.84 Å². The summed E-state index contributed by atoms with van der Waals surface area (Å²) in [5, 5.41) is 11.8. The highest BCUT2D eigenvalue weighted by Crippen LogP contribution is 2.36. The second-order valence-corrected chi connectivity index (χ2v) is 8.94. The van der Waals surface area contributed by atoms with Crippen LogP contribution in [0.3, 0.4) is 0 Å². The van der Waals surface area contributed by atoms with Gasteiger partial charge in [0.2, 0.25) is 0 Å². The topological polar surface area (TPSA) is 86.3 Å². The number of Topliss-reactive ketones (excluding diaryl/α,β-unsaturated/α-hetero) is 1. The van der Waals surface area contributed by atoms with Crippen LogP contribution >= 0.6 is 0 Å². The van der Waals surface area contributed by atoms with Gasteiger partial charge in [-0.15, -0.1) is 0 Å². The van der Waals surface area contributed by atoms with Gasteiger partial charge in [-0.25, -0.2) is 9.50 Å². The Morgan fingerprint density at radius 2 is 2.00 bits per heavy atom. The number of hydrogen-bond acceptors (Lipinski definition) is 6. The third-order valence-electron chi connectivity index (χ3n) is 6.25. The zero-order valence-electron chi connectivity index (χ0n) is 19.8. The second kappa shape index (κ2) is 9.29. The maximum Gasteiger partial charge on any atom is 0.390 e. The summed E-state index contributed by atoms with van der Waals surface area (Å²) in [6.45, 7) is -0.308. The van der Waals surface area contributed by atoms with E-state index in [0.717, 1.165) is 12.8 Å². The molecule has 0 radical (unpaired) electrons. The molecule has 4 aromatic rings. The van der Waals surface area contributed by atoms with Crippen molar-refractivity contribution in [1.29, 1.82) is 0 Å². The van der Waals surface area contributed by atoms with E-state index in [1.807, 2.05) is 0 Å². The molecule has 0 aliphatic heterocycles. The molecule has 1 aromatic carbocycles. The van der Waals surface area contributed by atoms with Crippen molar-refractivity contribution in [3.05, 3.63) is 48.3 Å². The minimum Gasteiger partial charge on any atom is -0.496 e. The number of benzene rings is 1. The normalized spacial score (nSPS) is 13.8. The number of nitrogens with zero attached hydrogens (tertiary/aromatic N) is 5. The van der Waals surface area contributed by atoms with Crippen LogP contribution < -0.4 is 10.1 Å². The fourth-order valence-electron chi connectivity index (χ4n) is 4.15. The zero-order valence-corrected chi connectivity index (χ0v) is 19.8. The minimum absolute atomic E-state index is 0.0771. The van der Waals surface area contributed by atoms with E-state index in [0.29, 0.717) is 57.6 Å². The summed E-state index contributed by atoms with van der Waals surface area (Å²) >= 11 is 0. The van der Waals surface area contributed by atoms with Crippen LogP contribution in [0.25, 0.3) is 28.3 Å². The van der Waals surface area contributed by atoms with Crippen LogP contribution in [0.5, 0.6) is 5.75 Å². The summed E-state index contributed by atoms with van der Waals surface area (Å²) in [6.07, 6.45) is 0.648. The molecule has 0 amide bonds. The van der Waals surface area contributed by atoms with E-state index in [1.165, 1.54) is 7.11 Å². The summed E-state index contributed by atoms with van der Waals surface area (Å²) in [6, 6.07) is 8.70. The summed E-state index contributed by atoms with van der Waals surface area (Å²) in [4.78, 5) is 17.1. The van der Waals surface area contributed by atoms with Crippen LogP contribution in [0.4, 0.5) is 18.9 Å². The molecule has 11 heteroatoms. The number of hydrogen-bond donors (Lipinski definition) is 1. The molecule has 0 atom stereocenters. The van der Waals surface area contributed by atoms with Gasteiger partial charge in [0, 0.05) is 37.3 Å². The molecule has 3 aromatic heterocycles. The van der Waals surface area contributed by atoms with Crippen molar-refractivity contribution in [1.82, 2.24) is 24.4 Å². The van der Waals surface area contributed by atoms with E-state index in [2.05, 4.69) is 15.4 Å². The molecular formula is C25H25F3N6O2. The van der Waals surface area contributed by atoms with E-state index in [1.54, 1.807) is 59.0 Å². The van der Waals surface area contributed by atoms with Crippen molar-refractivity contribution in [3.8, 4) is 28.4 Å². The largest absolute Gasteiger partial charge is 0.496 e. The number of aryl methyl sites for hydroxylation is 1. The van der Waals surface area contributed by atoms with Crippen LogP contribution in [-0.2, 0) is 7.05 Å². The lowest BCUT2D eigenvalue weighted by Gasteiger charge is -2.13. The summed E-state index contributed by atoms with van der Waals surface area (Å²) in [7, 11) is 3.28. The number of alkyl halides is 3. The summed E-state index contributed by atoms with van der Waals surface area (Å²) in [5.74, 6) is 1.03. The first-order valence-corrected chi connectivity index (χ1v) is 11.6. The molecule has 0 unspecified atom stereocenters. The predicted molar refractivity (Wildman–Crippen MR) is 128 cm³/mol. The molecule has 8 nitrogen and oxygen atoms in total. The standard InChI is InChI=1S/C25H25F3N6O2/c1-33-20(7-9-31-33)18-13-19(29-10-8-25(26,27)28)24-30-14-21(34(24)32-18)17-6-5-16(12-23(17)36-2)22(35)11-15-3-4-15/h5-7,9,12-15,29H,3-4,8,10-11H2,1-2H3. The van der Waals surface area contributed by atoms with Crippen LogP contribution in [-0.4, -0.2) is 50.0 Å². The average Bonchev–Trinajstić information content (AvgIpc) is 3.38. The van der Waals surface area contributed by atoms with Crippen molar-refractivity contribution in [3.63, 3.8) is 0 Å². The first-order valence-electron chi connectivity index (χ1n) is 11.6. The molecule has 3 heterocycles. The number of imidazole rings is 1. The van der Waals surface area contributed by atoms with Gasteiger partial charge in [-0.1, -0.05) is 6.07 Å². The van der Waals surface area contributed by atoms with Crippen molar-refractivity contribution < 1.29 is 22.7 Å². The number of rotatable bonds is 9. The van der Waals surface area contributed by atoms with E-state index >= 15 is 0 Å². The Balaban J connectivity index is 1.58. The SMILES string of the molecule is COc1cc(C(=O)CC2CC2)ccc1-c1cnc2c(NCCC(F)(F)F)cc(-c3ccnn3C)nn12. The fraction of sp³-hybridized carbons (Fsp3) is 0.360. The highest BCUT2D eigenvalue weighted by molar-refractivity contribution is 5.97. The van der Waals surface area contributed by atoms with Gasteiger partial charge in [0.05, 0.1) is 36.8 Å². The summed E-state index contributed by atoms with van der Waals surface area (Å²) in [5.41, 5.74) is 3.78. The maximum absolute atomic E-state index is 12.8. The maximum atomic E-state index is 12.8. The number of aromatic nitrogens is 5. The van der Waals surface area contributed by atoms with Gasteiger partial charge >= 0.3 is 6.18 Å². The molecule has 0 bridgehead atoms. The molecular weight excluding hydrogens is 473 g/mol. The Bertz CT molecular complexity index is 1420. The number of carbonyl (C=O) groups excluding carboxylic acids is 1. The Kier molecular flexibility index (Phi) is 6.15.